The average molecular weight is 385 g/mol. The fourth-order valence-corrected chi connectivity index (χ4v) is 3.57. The van der Waals surface area contributed by atoms with Gasteiger partial charge in [0.2, 0.25) is 0 Å². The molecule has 160 valence electrons. The Labute approximate surface area is 167 Å². The van der Waals surface area contributed by atoms with Crippen LogP contribution in [0.15, 0.2) is 0 Å². The summed E-state index contributed by atoms with van der Waals surface area (Å²) in [5.41, 5.74) is -0.513. The van der Waals surface area contributed by atoms with Crippen molar-refractivity contribution in [1.82, 2.24) is 0 Å². The van der Waals surface area contributed by atoms with Gasteiger partial charge >= 0.3 is 11.9 Å². The Balaban J connectivity index is 4.07. The summed E-state index contributed by atoms with van der Waals surface area (Å²) in [7, 11) is 0. The van der Waals surface area contributed by atoms with Gasteiger partial charge in [0.15, 0.2) is 0 Å². The van der Waals surface area contributed by atoms with E-state index in [0.29, 0.717) is 0 Å². The zero-order valence-electron chi connectivity index (χ0n) is 18.2. The lowest BCUT2D eigenvalue weighted by Crippen LogP contribution is -2.32. The second kappa shape index (κ2) is 17.1. The molecule has 0 saturated carbocycles. The number of carbonyl (C=O) groups is 2. The maximum atomic E-state index is 11.8. The molecule has 1 N–H and O–H groups in total. The molecule has 27 heavy (non-hydrogen) atoms. The van der Waals surface area contributed by atoms with Crippen LogP contribution >= 0.6 is 0 Å². The molecule has 0 bridgehead atoms. The van der Waals surface area contributed by atoms with Crippen molar-refractivity contribution in [2.24, 2.45) is 0 Å². The highest BCUT2D eigenvalue weighted by Gasteiger charge is 2.28. The largest absolute Gasteiger partial charge is 0.481 e. The minimum atomic E-state index is -1.12. The zero-order chi connectivity index (χ0) is 20.4. The Kier molecular flexibility index (Phi) is 16.4. The third-order valence-corrected chi connectivity index (χ3v) is 5.27. The van der Waals surface area contributed by atoms with Crippen molar-refractivity contribution in [1.29, 1.82) is 0 Å². The van der Waals surface area contributed by atoms with E-state index in [0.717, 1.165) is 38.5 Å². The van der Waals surface area contributed by atoms with Gasteiger partial charge in [0.25, 0.3) is 0 Å². The maximum absolute atomic E-state index is 11.8. The van der Waals surface area contributed by atoms with Crippen molar-refractivity contribution in [2.75, 3.05) is 0 Å². The molecule has 0 fully saturated rings. The van der Waals surface area contributed by atoms with E-state index in [9.17, 15) is 9.59 Å². The molecule has 1 atom stereocenters. The molecule has 0 aliphatic rings. The number of aliphatic carboxylic acids is 1. The number of ether oxygens (including phenoxy) is 1. The molecule has 4 heteroatoms. The summed E-state index contributed by atoms with van der Waals surface area (Å²) in [4.78, 5) is 22.6. The second-order valence-corrected chi connectivity index (χ2v) is 8.24. The van der Waals surface area contributed by atoms with Crippen LogP contribution < -0.4 is 0 Å². The van der Waals surface area contributed by atoms with Crippen molar-refractivity contribution < 1.29 is 19.4 Å². The Morgan fingerprint density at radius 1 is 0.704 bits per heavy atom. The molecule has 1 unspecified atom stereocenters. The molecule has 0 amide bonds. The van der Waals surface area contributed by atoms with Crippen molar-refractivity contribution in [3.8, 4) is 0 Å². The summed E-state index contributed by atoms with van der Waals surface area (Å²) in [5.74, 6) is -1.72. The van der Waals surface area contributed by atoms with E-state index >= 15 is 0 Å². The maximum Gasteiger partial charge on any atom is 0.317 e. The predicted octanol–water partition coefficient (Wildman–Crippen LogP) is 7.04. The molecule has 0 heterocycles. The van der Waals surface area contributed by atoms with Crippen LogP contribution in [0.25, 0.3) is 0 Å². The first kappa shape index (κ1) is 25.9. The van der Waals surface area contributed by atoms with Crippen LogP contribution in [0, 0.1) is 0 Å². The summed E-state index contributed by atoms with van der Waals surface area (Å²) >= 11 is 0. The van der Waals surface area contributed by atoms with Gasteiger partial charge in [-0.1, -0.05) is 90.9 Å². The molecule has 4 nitrogen and oxygen atoms in total. The normalized spacial score (nSPS) is 13.3. The molecule has 0 aromatic rings. The summed E-state index contributed by atoms with van der Waals surface area (Å²) in [5, 5.41) is 8.79. The second-order valence-electron chi connectivity index (χ2n) is 8.24. The van der Waals surface area contributed by atoms with Crippen molar-refractivity contribution in [2.45, 2.75) is 136 Å². The van der Waals surface area contributed by atoms with Crippen molar-refractivity contribution >= 4 is 11.9 Å². The quantitative estimate of drug-likeness (QED) is 0.147. The van der Waals surface area contributed by atoms with Gasteiger partial charge in [-0.2, -0.15) is 0 Å². The summed E-state index contributed by atoms with van der Waals surface area (Å²) in [6, 6.07) is 0. The van der Waals surface area contributed by atoms with Crippen LogP contribution in [-0.2, 0) is 14.3 Å². The number of carboxylic acid groups (broad SMARTS) is 1. The fourth-order valence-electron chi connectivity index (χ4n) is 3.57. The lowest BCUT2D eigenvalue weighted by molar-refractivity contribution is -0.163. The summed E-state index contributed by atoms with van der Waals surface area (Å²) < 4.78 is 5.59. The first-order chi connectivity index (χ1) is 12.9. The summed E-state index contributed by atoms with van der Waals surface area (Å²) in [6.07, 6.45) is 18.5. The minimum Gasteiger partial charge on any atom is -0.481 e. The molecule has 0 aromatic carbocycles. The van der Waals surface area contributed by atoms with E-state index in [4.69, 9.17) is 9.84 Å². The highest BCUT2D eigenvalue weighted by molar-refractivity contribution is 5.90. The molecule has 0 spiro atoms. The minimum absolute atomic E-state index is 0.513. The molecular weight excluding hydrogens is 340 g/mol. The number of unbranched alkanes of at least 4 members (excludes halogenated alkanes) is 12. The zero-order valence-corrected chi connectivity index (χ0v) is 18.2. The number of carboxylic acids is 1. The molecule has 0 aliphatic heterocycles. The molecular formula is C23H44O4. The van der Waals surface area contributed by atoms with Gasteiger partial charge in [-0.25, -0.2) is 0 Å². The molecule has 0 radical (unpaired) electrons. The van der Waals surface area contributed by atoms with Crippen molar-refractivity contribution in [3.05, 3.63) is 0 Å². The number of esters is 1. The van der Waals surface area contributed by atoms with Gasteiger partial charge in [-0.3, -0.25) is 9.59 Å². The number of hydrogen-bond donors (Lipinski definition) is 1. The first-order valence-corrected chi connectivity index (χ1v) is 11.4. The predicted molar refractivity (Wildman–Crippen MR) is 112 cm³/mol. The highest BCUT2D eigenvalue weighted by Crippen LogP contribution is 2.27. The van der Waals surface area contributed by atoms with Gasteiger partial charge in [0.1, 0.15) is 12.0 Å². The Hall–Kier alpha value is -1.06. The average Bonchev–Trinajstić information content (AvgIpc) is 2.59. The monoisotopic (exact) mass is 384 g/mol. The lowest BCUT2D eigenvalue weighted by Gasteiger charge is -2.30. The lowest BCUT2D eigenvalue weighted by atomic mass is 9.91. The van der Waals surface area contributed by atoms with E-state index in [-0.39, 0.29) is 0 Å². The van der Waals surface area contributed by atoms with Crippen LogP contribution in [0.2, 0.25) is 0 Å². The number of hydrogen-bond acceptors (Lipinski definition) is 3. The molecule has 0 aromatic heterocycles. The van der Waals surface area contributed by atoms with Crippen LogP contribution in [-0.4, -0.2) is 22.6 Å². The Morgan fingerprint density at radius 2 is 1.07 bits per heavy atom. The van der Waals surface area contributed by atoms with Crippen LogP contribution in [0.5, 0.6) is 0 Å². The van der Waals surface area contributed by atoms with Gasteiger partial charge in [0.05, 0.1) is 0 Å². The van der Waals surface area contributed by atoms with Gasteiger partial charge in [-0.05, 0) is 32.6 Å². The SMILES string of the molecule is CCCCCCCCCCCCC(C)(CCCCCC)OC(=O)CC(=O)O. The first-order valence-electron chi connectivity index (χ1n) is 11.4. The van der Waals surface area contributed by atoms with Gasteiger partial charge in [-0.15, -0.1) is 0 Å². The number of rotatable bonds is 19. The Morgan fingerprint density at radius 3 is 1.48 bits per heavy atom. The molecule has 0 rings (SSSR count). The Bertz CT molecular complexity index is 381. The van der Waals surface area contributed by atoms with Crippen LogP contribution in [0.3, 0.4) is 0 Å². The summed E-state index contributed by atoms with van der Waals surface area (Å²) in [6.45, 7) is 6.40. The number of carbonyl (C=O) groups excluding carboxylic acids is 1. The third-order valence-electron chi connectivity index (χ3n) is 5.27. The van der Waals surface area contributed by atoms with E-state index < -0.39 is 24.0 Å². The molecule has 0 aliphatic carbocycles. The van der Waals surface area contributed by atoms with Gasteiger partial charge in [0, 0.05) is 0 Å². The topological polar surface area (TPSA) is 63.6 Å². The highest BCUT2D eigenvalue weighted by atomic mass is 16.6. The van der Waals surface area contributed by atoms with E-state index in [1.54, 1.807) is 0 Å². The third kappa shape index (κ3) is 16.8. The van der Waals surface area contributed by atoms with Crippen LogP contribution in [0.1, 0.15) is 130 Å². The van der Waals surface area contributed by atoms with E-state index in [1.807, 2.05) is 6.92 Å². The van der Waals surface area contributed by atoms with Crippen molar-refractivity contribution in [3.63, 3.8) is 0 Å². The fraction of sp³-hybridized carbons (Fsp3) is 0.913. The standard InChI is InChI=1S/C23H44O4/c1-4-6-8-10-11-12-13-14-15-17-19-23(3,18-16-9-7-5-2)27-22(26)20-21(24)25/h4-20H2,1-3H3,(H,24,25). The van der Waals surface area contributed by atoms with Gasteiger partial charge < -0.3 is 9.84 Å². The van der Waals surface area contributed by atoms with E-state index in [1.165, 1.54) is 64.2 Å². The smallest absolute Gasteiger partial charge is 0.317 e. The van der Waals surface area contributed by atoms with E-state index in [2.05, 4.69) is 13.8 Å². The molecule has 0 saturated heterocycles. The van der Waals surface area contributed by atoms with Crippen LogP contribution in [0.4, 0.5) is 0 Å².